The van der Waals surface area contributed by atoms with Crippen molar-refractivity contribution in [2.75, 3.05) is 29.2 Å². The lowest BCUT2D eigenvalue weighted by molar-refractivity contribution is -0.140. The van der Waals surface area contributed by atoms with Gasteiger partial charge in [0.25, 0.3) is 0 Å². The molecular weight excluding hydrogens is 330 g/mol. The second-order valence-electron chi connectivity index (χ2n) is 3.92. The average molecular weight is 350 g/mol. The van der Waals surface area contributed by atoms with Crippen LogP contribution in [0.3, 0.4) is 0 Å². The number of hydrogen-bond acceptors (Lipinski definition) is 8. The number of rotatable bonds is 10. The molecule has 0 aliphatic heterocycles. The van der Waals surface area contributed by atoms with Crippen molar-refractivity contribution in [2.45, 2.75) is 31.0 Å². The molecule has 0 saturated heterocycles. The van der Waals surface area contributed by atoms with E-state index in [1.165, 1.54) is 23.1 Å². The molecule has 1 heterocycles. The van der Waals surface area contributed by atoms with Crippen LogP contribution in [0.15, 0.2) is 4.34 Å². The number of unbranched alkanes of at least 4 members (excludes halogenated alkanes) is 1. The zero-order valence-corrected chi connectivity index (χ0v) is 14.5. The van der Waals surface area contributed by atoms with Crippen molar-refractivity contribution < 1.29 is 14.3 Å². The Morgan fingerprint density at radius 2 is 2.10 bits per heavy atom. The number of amides is 1. The Morgan fingerprint density at radius 3 is 2.81 bits per heavy atom. The zero-order valence-electron chi connectivity index (χ0n) is 12.1. The summed E-state index contributed by atoms with van der Waals surface area (Å²) in [5.74, 6) is 0.825. The van der Waals surface area contributed by atoms with Gasteiger partial charge in [-0.1, -0.05) is 43.4 Å². The summed E-state index contributed by atoms with van der Waals surface area (Å²) in [5.41, 5.74) is 0. The van der Waals surface area contributed by atoms with Gasteiger partial charge in [-0.2, -0.15) is 0 Å². The first kappa shape index (κ1) is 18.2. The molecule has 0 fully saturated rings. The average Bonchev–Trinajstić information content (AvgIpc) is 2.87. The minimum absolute atomic E-state index is 0.185. The highest BCUT2D eigenvalue weighted by Crippen LogP contribution is 2.24. The summed E-state index contributed by atoms with van der Waals surface area (Å²) in [6.45, 7) is 4.51. The summed E-state index contributed by atoms with van der Waals surface area (Å²) in [5, 5.41) is 11.0. The van der Waals surface area contributed by atoms with E-state index in [0.717, 1.165) is 22.9 Å². The van der Waals surface area contributed by atoms with Gasteiger partial charge in [0.2, 0.25) is 11.0 Å². The quantitative estimate of drug-likeness (QED) is 0.301. The zero-order chi connectivity index (χ0) is 15.5. The maximum Gasteiger partial charge on any atom is 0.315 e. The van der Waals surface area contributed by atoms with Crippen molar-refractivity contribution in [1.82, 2.24) is 10.2 Å². The molecule has 9 heteroatoms. The molecule has 1 aromatic rings. The SMILES string of the molecule is CCCCOC(=O)CSCC(=O)Nc1nnc(SCC)s1. The third kappa shape index (κ3) is 8.27. The van der Waals surface area contributed by atoms with Crippen LogP contribution in [0.5, 0.6) is 0 Å². The first-order valence-electron chi connectivity index (χ1n) is 6.65. The number of esters is 1. The summed E-state index contributed by atoms with van der Waals surface area (Å²) < 4.78 is 5.83. The van der Waals surface area contributed by atoms with Gasteiger partial charge in [-0.05, 0) is 12.2 Å². The number of thioether (sulfide) groups is 2. The molecule has 0 aliphatic carbocycles. The van der Waals surface area contributed by atoms with Crippen molar-refractivity contribution in [1.29, 1.82) is 0 Å². The van der Waals surface area contributed by atoms with Crippen LogP contribution in [-0.2, 0) is 14.3 Å². The van der Waals surface area contributed by atoms with Crippen molar-refractivity contribution in [3.8, 4) is 0 Å². The fraction of sp³-hybridized carbons (Fsp3) is 0.667. The molecule has 1 amide bonds. The maximum atomic E-state index is 11.7. The Labute approximate surface area is 136 Å². The van der Waals surface area contributed by atoms with E-state index in [0.29, 0.717) is 11.7 Å². The Hall–Kier alpha value is -0.800. The van der Waals surface area contributed by atoms with Gasteiger partial charge in [0, 0.05) is 0 Å². The van der Waals surface area contributed by atoms with E-state index in [2.05, 4.69) is 15.5 Å². The number of aromatic nitrogens is 2. The van der Waals surface area contributed by atoms with Crippen LogP contribution in [0.1, 0.15) is 26.7 Å². The number of ether oxygens (including phenoxy) is 1. The van der Waals surface area contributed by atoms with Crippen molar-refractivity contribution in [3.05, 3.63) is 0 Å². The molecule has 0 radical (unpaired) electrons. The van der Waals surface area contributed by atoms with E-state index in [1.54, 1.807) is 11.8 Å². The van der Waals surface area contributed by atoms with Crippen molar-refractivity contribution in [3.63, 3.8) is 0 Å². The molecule has 0 bridgehead atoms. The molecule has 1 aromatic heterocycles. The molecule has 6 nitrogen and oxygen atoms in total. The lowest BCUT2D eigenvalue weighted by Crippen LogP contribution is -2.16. The molecule has 0 aliphatic rings. The highest BCUT2D eigenvalue weighted by Gasteiger charge is 2.10. The lowest BCUT2D eigenvalue weighted by atomic mass is 10.4. The van der Waals surface area contributed by atoms with Crippen LogP contribution in [0, 0.1) is 0 Å². The predicted molar refractivity (Wildman–Crippen MR) is 88.1 cm³/mol. The van der Waals surface area contributed by atoms with Crippen LogP contribution in [-0.4, -0.2) is 45.9 Å². The molecule has 1 rings (SSSR count). The van der Waals surface area contributed by atoms with Gasteiger partial charge < -0.3 is 4.74 Å². The van der Waals surface area contributed by atoms with Crippen LogP contribution in [0.2, 0.25) is 0 Å². The van der Waals surface area contributed by atoms with Crippen LogP contribution in [0.25, 0.3) is 0 Å². The molecule has 0 saturated carbocycles. The second kappa shape index (κ2) is 10.9. The second-order valence-corrected chi connectivity index (χ2v) is 7.40. The molecule has 0 atom stereocenters. The van der Waals surface area contributed by atoms with Gasteiger partial charge in [-0.25, -0.2) is 0 Å². The lowest BCUT2D eigenvalue weighted by Gasteiger charge is -2.03. The minimum Gasteiger partial charge on any atom is -0.465 e. The monoisotopic (exact) mass is 349 g/mol. The molecular formula is C12H19N3O3S3. The third-order valence-corrected chi connectivity index (χ3v) is 4.89. The summed E-state index contributed by atoms with van der Waals surface area (Å²) in [4.78, 5) is 23.0. The maximum absolute atomic E-state index is 11.7. The Balaban J connectivity index is 2.17. The fourth-order valence-corrected chi connectivity index (χ4v) is 3.47. The Bertz CT molecular complexity index is 454. The fourth-order valence-electron chi connectivity index (χ4n) is 1.20. The Morgan fingerprint density at radius 1 is 1.29 bits per heavy atom. The minimum atomic E-state index is -0.279. The highest BCUT2D eigenvalue weighted by molar-refractivity contribution is 8.01. The van der Waals surface area contributed by atoms with E-state index in [-0.39, 0.29) is 23.4 Å². The standard InChI is InChI=1S/C12H19N3O3S3/c1-3-5-6-18-10(17)8-19-7-9(16)13-11-14-15-12(21-11)20-4-2/h3-8H2,1-2H3,(H,13,14,16). The van der Waals surface area contributed by atoms with Gasteiger partial charge in [-0.15, -0.1) is 22.0 Å². The largest absolute Gasteiger partial charge is 0.465 e. The van der Waals surface area contributed by atoms with Gasteiger partial charge in [0.1, 0.15) is 0 Å². The van der Waals surface area contributed by atoms with Gasteiger partial charge >= 0.3 is 5.97 Å². The Kier molecular flexibility index (Phi) is 9.44. The van der Waals surface area contributed by atoms with E-state index < -0.39 is 0 Å². The topological polar surface area (TPSA) is 81.2 Å². The molecule has 0 unspecified atom stereocenters. The first-order chi connectivity index (χ1) is 10.2. The highest BCUT2D eigenvalue weighted by atomic mass is 32.2. The summed E-state index contributed by atoms with van der Waals surface area (Å²) in [7, 11) is 0. The van der Waals surface area contributed by atoms with E-state index in [4.69, 9.17) is 4.74 Å². The third-order valence-electron chi connectivity index (χ3n) is 2.13. The summed E-state index contributed by atoms with van der Waals surface area (Å²) in [6, 6.07) is 0. The van der Waals surface area contributed by atoms with Crippen molar-refractivity contribution in [2.24, 2.45) is 0 Å². The van der Waals surface area contributed by atoms with E-state index >= 15 is 0 Å². The van der Waals surface area contributed by atoms with E-state index in [9.17, 15) is 9.59 Å². The molecule has 1 N–H and O–H groups in total. The van der Waals surface area contributed by atoms with Crippen LogP contribution in [0.4, 0.5) is 5.13 Å². The smallest absolute Gasteiger partial charge is 0.315 e. The number of nitrogens with one attached hydrogen (secondary N) is 1. The van der Waals surface area contributed by atoms with Gasteiger partial charge in [0.15, 0.2) is 4.34 Å². The number of carbonyl (C=O) groups excluding carboxylic acids is 2. The van der Waals surface area contributed by atoms with Crippen LogP contribution >= 0.6 is 34.9 Å². The van der Waals surface area contributed by atoms with Gasteiger partial charge in [-0.3, -0.25) is 14.9 Å². The number of nitrogens with zero attached hydrogens (tertiary/aromatic N) is 2. The molecule has 118 valence electrons. The number of carbonyl (C=O) groups is 2. The normalized spacial score (nSPS) is 10.4. The predicted octanol–water partition coefficient (Wildman–Crippen LogP) is 2.67. The molecule has 0 spiro atoms. The number of anilines is 1. The summed E-state index contributed by atoms with van der Waals surface area (Å²) in [6.07, 6.45) is 1.86. The molecule has 21 heavy (non-hydrogen) atoms. The van der Waals surface area contributed by atoms with Crippen LogP contribution < -0.4 is 5.32 Å². The number of hydrogen-bond donors (Lipinski definition) is 1. The van der Waals surface area contributed by atoms with Crippen molar-refractivity contribution >= 4 is 51.9 Å². The summed E-state index contributed by atoms with van der Waals surface area (Å²) >= 11 is 4.16. The van der Waals surface area contributed by atoms with Gasteiger partial charge in [0.05, 0.1) is 18.1 Å². The van der Waals surface area contributed by atoms with E-state index in [1.807, 2.05) is 13.8 Å². The molecule has 0 aromatic carbocycles. The first-order valence-corrected chi connectivity index (χ1v) is 9.60.